The molecule has 106 valence electrons. The number of hydrogen-bond donors (Lipinski definition) is 0. The van der Waals surface area contributed by atoms with Crippen molar-refractivity contribution in [1.82, 2.24) is 4.90 Å². The molecule has 0 spiro atoms. The van der Waals surface area contributed by atoms with Gasteiger partial charge >= 0.3 is 0 Å². The van der Waals surface area contributed by atoms with Gasteiger partial charge in [0.15, 0.2) is 0 Å². The van der Waals surface area contributed by atoms with Crippen molar-refractivity contribution in [2.75, 3.05) is 7.05 Å². The van der Waals surface area contributed by atoms with Crippen LogP contribution in [0, 0.1) is 19.3 Å². The molecule has 0 fully saturated rings. The molecule has 0 aliphatic rings. The highest BCUT2D eigenvalue weighted by molar-refractivity contribution is 5.94. The second kappa shape index (κ2) is 5.77. The van der Waals surface area contributed by atoms with Crippen molar-refractivity contribution >= 4 is 5.91 Å². The summed E-state index contributed by atoms with van der Waals surface area (Å²) in [5.41, 5.74) is 3.17. The van der Waals surface area contributed by atoms with E-state index in [0.29, 0.717) is 0 Å². The first-order valence-corrected chi connectivity index (χ1v) is 7.02. The van der Waals surface area contributed by atoms with Gasteiger partial charge in [-0.2, -0.15) is 0 Å². The Hall–Kier alpha value is -1.31. The minimum absolute atomic E-state index is 0.0953. The third-order valence-corrected chi connectivity index (χ3v) is 3.64. The quantitative estimate of drug-likeness (QED) is 0.798. The van der Waals surface area contributed by atoms with Crippen LogP contribution in [0.5, 0.6) is 0 Å². The molecule has 0 bridgehead atoms. The van der Waals surface area contributed by atoms with Crippen LogP contribution in [0.25, 0.3) is 0 Å². The number of carbonyl (C=O) groups is 1. The van der Waals surface area contributed by atoms with Crippen molar-refractivity contribution in [2.24, 2.45) is 5.41 Å². The van der Waals surface area contributed by atoms with Gasteiger partial charge in [-0.05, 0) is 37.8 Å². The summed E-state index contributed by atoms with van der Waals surface area (Å²) < 4.78 is 0. The van der Waals surface area contributed by atoms with Gasteiger partial charge in [0.05, 0.1) is 0 Å². The predicted molar refractivity (Wildman–Crippen MR) is 81.5 cm³/mol. The highest BCUT2D eigenvalue weighted by Gasteiger charge is 2.30. The topological polar surface area (TPSA) is 20.3 Å². The molecule has 19 heavy (non-hydrogen) atoms. The lowest BCUT2D eigenvalue weighted by Crippen LogP contribution is -2.44. The molecule has 1 aromatic rings. The molecule has 1 unspecified atom stereocenters. The summed E-state index contributed by atoms with van der Waals surface area (Å²) in [7, 11) is 1.92. The van der Waals surface area contributed by atoms with Gasteiger partial charge in [-0.25, -0.2) is 0 Å². The van der Waals surface area contributed by atoms with Gasteiger partial charge in [0.2, 0.25) is 0 Å². The maximum Gasteiger partial charge on any atom is 0.253 e. The Morgan fingerprint density at radius 3 is 2.00 bits per heavy atom. The van der Waals surface area contributed by atoms with Crippen LogP contribution in [0.4, 0.5) is 0 Å². The molecular formula is C17H27NO. The third kappa shape index (κ3) is 3.82. The first-order chi connectivity index (χ1) is 8.66. The molecule has 1 amide bonds. The van der Waals surface area contributed by atoms with Crippen molar-refractivity contribution in [3.05, 3.63) is 34.9 Å². The molecule has 0 N–H and O–H groups in total. The molecule has 0 aromatic heterocycles. The largest absolute Gasteiger partial charge is 0.338 e. The average Bonchev–Trinajstić information content (AvgIpc) is 2.25. The molecule has 1 atom stereocenters. The summed E-state index contributed by atoms with van der Waals surface area (Å²) >= 11 is 0. The Morgan fingerprint density at radius 1 is 1.16 bits per heavy atom. The monoisotopic (exact) mass is 261 g/mol. The molecule has 2 nitrogen and oxygen atoms in total. The van der Waals surface area contributed by atoms with E-state index in [-0.39, 0.29) is 17.4 Å². The van der Waals surface area contributed by atoms with Gasteiger partial charge in [0.1, 0.15) is 0 Å². The lowest BCUT2D eigenvalue weighted by Gasteiger charge is -2.37. The lowest BCUT2D eigenvalue weighted by atomic mass is 9.84. The van der Waals surface area contributed by atoms with Crippen molar-refractivity contribution in [3.63, 3.8) is 0 Å². The SMILES string of the molecule is CCC(N(C)C(=O)c1cc(C)cc(C)c1)C(C)(C)C. The summed E-state index contributed by atoms with van der Waals surface area (Å²) in [6.07, 6.45) is 0.969. The normalized spacial score (nSPS) is 13.2. The Bertz CT molecular complexity index is 437. The van der Waals surface area contributed by atoms with Gasteiger partial charge in [-0.3, -0.25) is 4.79 Å². The fourth-order valence-corrected chi connectivity index (χ4v) is 2.91. The first kappa shape index (κ1) is 15.7. The summed E-state index contributed by atoms with van der Waals surface area (Å²) in [4.78, 5) is 14.5. The number of carbonyl (C=O) groups excluding carboxylic acids is 1. The van der Waals surface area contributed by atoms with Crippen molar-refractivity contribution in [1.29, 1.82) is 0 Å². The van der Waals surface area contributed by atoms with E-state index in [4.69, 9.17) is 0 Å². The number of nitrogens with zero attached hydrogens (tertiary/aromatic N) is 1. The van der Waals surface area contributed by atoms with Crippen LogP contribution in [-0.2, 0) is 0 Å². The van der Waals surface area contributed by atoms with E-state index < -0.39 is 0 Å². The van der Waals surface area contributed by atoms with E-state index in [1.54, 1.807) is 0 Å². The van der Waals surface area contributed by atoms with Gasteiger partial charge in [-0.1, -0.05) is 44.9 Å². The average molecular weight is 261 g/mol. The Kier molecular flexibility index (Phi) is 4.78. The molecule has 2 heteroatoms. The zero-order chi connectivity index (χ0) is 14.8. The highest BCUT2D eigenvalue weighted by atomic mass is 16.2. The Labute approximate surface area is 117 Å². The fraction of sp³-hybridized carbons (Fsp3) is 0.588. The van der Waals surface area contributed by atoms with Crippen molar-refractivity contribution in [2.45, 2.75) is 54.0 Å². The summed E-state index contributed by atoms with van der Waals surface area (Å²) in [6.45, 7) is 12.8. The van der Waals surface area contributed by atoms with Crippen LogP contribution in [0.1, 0.15) is 55.6 Å². The molecular weight excluding hydrogens is 234 g/mol. The van der Waals surface area contributed by atoms with E-state index in [1.165, 1.54) is 0 Å². The number of amides is 1. The Balaban J connectivity index is 3.05. The van der Waals surface area contributed by atoms with E-state index in [0.717, 1.165) is 23.1 Å². The van der Waals surface area contributed by atoms with Gasteiger partial charge in [0, 0.05) is 18.7 Å². The van der Waals surface area contributed by atoms with E-state index in [9.17, 15) is 4.79 Å². The van der Waals surface area contributed by atoms with Crippen LogP contribution in [-0.4, -0.2) is 23.9 Å². The van der Waals surface area contributed by atoms with E-state index >= 15 is 0 Å². The molecule has 0 heterocycles. The van der Waals surface area contributed by atoms with Crippen LogP contribution in [0.2, 0.25) is 0 Å². The second-order valence-electron chi connectivity index (χ2n) is 6.58. The third-order valence-electron chi connectivity index (χ3n) is 3.64. The Morgan fingerprint density at radius 2 is 1.63 bits per heavy atom. The predicted octanol–water partition coefficient (Wildman–Crippen LogP) is 4.20. The van der Waals surface area contributed by atoms with E-state index in [2.05, 4.69) is 33.8 Å². The smallest absolute Gasteiger partial charge is 0.253 e. The minimum Gasteiger partial charge on any atom is -0.338 e. The number of aryl methyl sites for hydroxylation is 2. The molecule has 1 rings (SSSR count). The molecule has 0 aliphatic carbocycles. The molecule has 1 aromatic carbocycles. The van der Waals surface area contributed by atoms with Crippen LogP contribution in [0.15, 0.2) is 18.2 Å². The highest BCUT2D eigenvalue weighted by Crippen LogP contribution is 2.27. The van der Waals surface area contributed by atoms with Crippen molar-refractivity contribution < 1.29 is 4.79 Å². The number of benzene rings is 1. The van der Waals surface area contributed by atoms with Crippen LogP contribution < -0.4 is 0 Å². The fourth-order valence-electron chi connectivity index (χ4n) is 2.91. The zero-order valence-electron chi connectivity index (χ0n) is 13.4. The van der Waals surface area contributed by atoms with E-state index in [1.807, 2.05) is 37.9 Å². The van der Waals surface area contributed by atoms with Gasteiger partial charge < -0.3 is 4.90 Å². The number of hydrogen-bond acceptors (Lipinski definition) is 1. The van der Waals surface area contributed by atoms with Crippen LogP contribution >= 0.6 is 0 Å². The standard InChI is InChI=1S/C17H27NO/c1-8-15(17(4,5)6)18(7)16(19)14-10-12(2)9-13(3)11-14/h9-11,15H,8H2,1-7H3. The first-order valence-electron chi connectivity index (χ1n) is 7.02. The molecule has 0 saturated carbocycles. The van der Waals surface area contributed by atoms with Crippen molar-refractivity contribution in [3.8, 4) is 0 Å². The lowest BCUT2D eigenvalue weighted by molar-refractivity contribution is 0.0589. The molecule has 0 aliphatic heterocycles. The molecule has 0 radical (unpaired) electrons. The zero-order valence-corrected chi connectivity index (χ0v) is 13.4. The maximum atomic E-state index is 12.6. The summed E-state index contributed by atoms with van der Waals surface area (Å²) in [5.74, 6) is 0.119. The molecule has 0 saturated heterocycles. The maximum absolute atomic E-state index is 12.6. The summed E-state index contributed by atoms with van der Waals surface area (Å²) in [6, 6.07) is 6.29. The second-order valence-corrected chi connectivity index (χ2v) is 6.58. The van der Waals surface area contributed by atoms with Gasteiger partial charge in [-0.15, -0.1) is 0 Å². The summed E-state index contributed by atoms with van der Waals surface area (Å²) in [5, 5.41) is 0. The van der Waals surface area contributed by atoms with Crippen LogP contribution in [0.3, 0.4) is 0 Å². The minimum atomic E-state index is 0.0953. The van der Waals surface area contributed by atoms with Gasteiger partial charge in [0.25, 0.3) is 5.91 Å². The number of rotatable bonds is 3.